The Balaban J connectivity index is 1.89. The molecule has 0 unspecified atom stereocenters. The van der Waals surface area contributed by atoms with E-state index in [0.717, 1.165) is 26.1 Å². The van der Waals surface area contributed by atoms with Crippen LogP contribution in [0.2, 0.25) is 0 Å². The highest BCUT2D eigenvalue weighted by Crippen LogP contribution is 2.18. The molecule has 0 aliphatic carbocycles. The first-order valence-electron chi connectivity index (χ1n) is 4.74. The van der Waals surface area contributed by atoms with E-state index in [9.17, 15) is 4.79 Å². The molecule has 0 bridgehead atoms. The Labute approximate surface area is 72.7 Å². The second kappa shape index (κ2) is 3.44. The van der Waals surface area contributed by atoms with Crippen LogP contribution in [0.1, 0.15) is 19.3 Å². The van der Waals surface area contributed by atoms with Gasteiger partial charge >= 0.3 is 0 Å². The number of hydrogen-bond acceptors (Lipinski definition) is 2. The predicted molar refractivity (Wildman–Crippen MR) is 44.7 cm³/mol. The lowest BCUT2D eigenvalue weighted by Gasteiger charge is -2.18. The largest absolute Gasteiger partial charge is 0.381 e. The fraction of sp³-hybridized carbons (Fsp3) is 0.889. The molecule has 2 rings (SSSR count). The van der Waals surface area contributed by atoms with Crippen LogP contribution in [0.4, 0.5) is 0 Å². The summed E-state index contributed by atoms with van der Waals surface area (Å²) in [6, 6.07) is 0. The maximum absolute atomic E-state index is 11.7. The molecular formula is C9H15NO2. The zero-order valence-corrected chi connectivity index (χ0v) is 7.29. The molecule has 0 radical (unpaired) electrons. The van der Waals surface area contributed by atoms with Gasteiger partial charge in [-0.25, -0.2) is 0 Å². The lowest BCUT2D eigenvalue weighted by atomic mass is 10.1. The van der Waals surface area contributed by atoms with Crippen molar-refractivity contribution in [2.24, 2.45) is 5.92 Å². The molecule has 0 aromatic rings. The van der Waals surface area contributed by atoms with Crippen LogP contribution in [-0.4, -0.2) is 37.1 Å². The first-order valence-corrected chi connectivity index (χ1v) is 4.74. The van der Waals surface area contributed by atoms with Crippen LogP contribution in [0.25, 0.3) is 0 Å². The summed E-state index contributed by atoms with van der Waals surface area (Å²) in [6.45, 7) is 3.35. The Kier molecular flexibility index (Phi) is 2.30. The third kappa shape index (κ3) is 1.46. The number of hydrogen-bond donors (Lipinski definition) is 0. The van der Waals surface area contributed by atoms with Crippen LogP contribution in [0.15, 0.2) is 0 Å². The number of nitrogens with zero attached hydrogens (tertiary/aromatic N) is 1. The van der Waals surface area contributed by atoms with Gasteiger partial charge in [0, 0.05) is 19.7 Å². The van der Waals surface area contributed by atoms with Crippen LogP contribution >= 0.6 is 0 Å². The Morgan fingerprint density at radius 1 is 1.33 bits per heavy atom. The van der Waals surface area contributed by atoms with Crippen LogP contribution in [0, 0.1) is 5.92 Å². The molecule has 2 aliphatic heterocycles. The number of carbonyl (C=O) groups excluding carboxylic acids is 1. The molecule has 1 atom stereocenters. The van der Waals surface area contributed by atoms with E-state index in [0.29, 0.717) is 12.5 Å². The summed E-state index contributed by atoms with van der Waals surface area (Å²) in [5.74, 6) is 0.494. The van der Waals surface area contributed by atoms with Crippen LogP contribution < -0.4 is 0 Å². The Morgan fingerprint density at radius 2 is 2.08 bits per heavy atom. The molecule has 0 N–H and O–H groups in total. The Bertz CT molecular complexity index is 151. The van der Waals surface area contributed by atoms with E-state index in [-0.39, 0.29) is 5.92 Å². The van der Waals surface area contributed by atoms with Crippen molar-refractivity contribution in [3.63, 3.8) is 0 Å². The molecule has 3 nitrogen and oxygen atoms in total. The topological polar surface area (TPSA) is 29.5 Å². The number of rotatable bonds is 1. The van der Waals surface area contributed by atoms with E-state index < -0.39 is 0 Å². The first-order chi connectivity index (χ1) is 5.88. The van der Waals surface area contributed by atoms with Gasteiger partial charge < -0.3 is 9.64 Å². The second-order valence-electron chi connectivity index (χ2n) is 3.59. The van der Waals surface area contributed by atoms with Gasteiger partial charge in [0.2, 0.25) is 5.91 Å². The van der Waals surface area contributed by atoms with Crippen LogP contribution in [-0.2, 0) is 9.53 Å². The van der Waals surface area contributed by atoms with Gasteiger partial charge in [-0.2, -0.15) is 0 Å². The maximum atomic E-state index is 11.7. The number of ether oxygens (including phenoxy) is 1. The minimum Gasteiger partial charge on any atom is -0.381 e. The molecule has 0 saturated carbocycles. The van der Waals surface area contributed by atoms with Crippen molar-refractivity contribution in [1.82, 2.24) is 4.90 Å². The highest BCUT2D eigenvalue weighted by Gasteiger charge is 2.29. The SMILES string of the molecule is O=C([C@@H]1CCOC1)N1CCCC1. The average molecular weight is 169 g/mol. The van der Waals surface area contributed by atoms with E-state index in [1.54, 1.807) is 0 Å². The first kappa shape index (κ1) is 8.05. The summed E-state index contributed by atoms with van der Waals surface area (Å²) in [5, 5.41) is 0. The van der Waals surface area contributed by atoms with Gasteiger partial charge in [0.25, 0.3) is 0 Å². The van der Waals surface area contributed by atoms with Crippen molar-refractivity contribution in [3.8, 4) is 0 Å². The van der Waals surface area contributed by atoms with Crippen LogP contribution in [0.3, 0.4) is 0 Å². The van der Waals surface area contributed by atoms with Crippen molar-refractivity contribution in [2.75, 3.05) is 26.3 Å². The van der Waals surface area contributed by atoms with Crippen molar-refractivity contribution < 1.29 is 9.53 Å². The quantitative estimate of drug-likeness (QED) is 0.576. The highest BCUT2D eigenvalue weighted by molar-refractivity contribution is 5.79. The van der Waals surface area contributed by atoms with Gasteiger partial charge in [-0.1, -0.05) is 0 Å². The molecule has 1 amide bonds. The van der Waals surface area contributed by atoms with Crippen molar-refractivity contribution >= 4 is 5.91 Å². The van der Waals surface area contributed by atoms with E-state index in [2.05, 4.69) is 0 Å². The van der Waals surface area contributed by atoms with Gasteiger partial charge in [-0.3, -0.25) is 4.79 Å². The van der Waals surface area contributed by atoms with Gasteiger partial charge in [-0.05, 0) is 19.3 Å². The zero-order valence-electron chi connectivity index (χ0n) is 7.29. The summed E-state index contributed by atoms with van der Waals surface area (Å²) in [6.07, 6.45) is 3.29. The zero-order chi connectivity index (χ0) is 8.39. The van der Waals surface area contributed by atoms with E-state index in [4.69, 9.17) is 4.74 Å². The number of likely N-dealkylation sites (tertiary alicyclic amines) is 1. The summed E-state index contributed by atoms with van der Waals surface area (Å²) >= 11 is 0. The minimum absolute atomic E-state index is 0.170. The molecule has 0 spiro atoms. The van der Waals surface area contributed by atoms with Crippen molar-refractivity contribution in [2.45, 2.75) is 19.3 Å². The molecule has 68 valence electrons. The van der Waals surface area contributed by atoms with Gasteiger partial charge in [0.15, 0.2) is 0 Å². The molecule has 12 heavy (non-hydrogen) atoms. The fourth-order valence-corrected chi connectivity index (χ4v) is 1.92. The third-order valence-electron chi connectivity index (χ3n) is 2.70. The summed E-state index contributed by atoms with van der Waals surface area (Å²) in [5.41, 5.74) is 0. The van der Waals surface area contributed by atoms with E-state index in [1.165, 1.54) is 12.8 Å². The number of carbonyl (C=O) groups is 1. The average Bonchev–Trinajstić information content (AvgIpc) is 2.77. The van der Waals surface area contributed by atoms with Gasteiger partial charge in [0.05, 0.1) is 12.5 Å². The molecule has 2 fully saturated rings. The predicted octanol–water partition coefficient (Wildman–Crippen LogP) is 0.645. The number of amides is 1. The Morgan fingerprint density at radius 3 is 2.67 bits per heavy atom. The second-order valence-corrected chi connectivity index (χ2v) is 3.59. The summed E-state index contributed by atoms with van der Waals surface area (Å²) in [7, 11) is 0. The molecule has 2 aliphatic rings. The van der Waals surface area contributed by atoms with Gasteiger partial charge in [-0.15, -0.1) is 0 Å². The van der Waals surface area contributed by atoms with Crippen LogP contribution in [0.5, 0.6) is 0 Å². The van der Waals surface area contributed by atoms with Gasteiger partial charge in [0.1, 0.15) is 0 Å². The monoisotopic (exact) mass is 169 g/mol. The van der Waals surface area contributed by atoms with E-state index >= 15 is 0 Å². The van der Waals surface area contributed by atoms with E-state index in [1.807, 2.05) is 4.90 Å². The minimum atomic E-state index is 0.170. The lowest BCUT2D eigenvalue weighted by Crippen LogP contribution is -2.33. The maximum Gasteiger partial charge on any atom is 0.228 e. The third-order valence-corrected chi connectivity index (χ3v) is 2.70. The molecular weight excluding hydrogens is 154 g/mol. The Hall–Kier alpha value is -0.570. The van der Waals surface area contributed by atoms with Crippen molar-refractivity contribution in [3.05, 3.63) is 0 Å². The normalized spacial score (nSPS) is 29.7. The summed E-state index contributed by atoms with van der Waals surface area (Å²) < 4.78 is 5.19. The summed E-state index contributed by atoms with van der Waals surface area (Å²) in [4.78, 5) is 13.7. The fourth-order valence-electron chi connectivity index (χ4n) is 1.92. The highest BCUT2D eigenvalue weighted by atomic mass is 16.5. The standard InChI is InChI=1S/C9H15NO2/c11-9(8-3-6-12-7-8)10-4-1-2-5-10/h8H,1-7H2/t8-/m1/s1. The molecule has 0 aromatic carbocycles. The molecule has 2 saturated heterocycles. The molecule has 3 heteroatoms. The smallest absolute Gasteiger partial charge is 0.228 e. The lowest BCUT2D eigenvalue weighted by molar-refractivity contribution is -0.134. The van der Waals surface area contributed by atoms with Crippen molar-refractivity contribution in [1.29, 1.82) is 0 Å². The molecule has 2 heterocycles. The molecule has 0 aromatic heterocycles.